The summed E-state index contributed by atoms with van der Waals surface area (Å²) in [6.07, 6.45) is 3.33. The highest BCUT2D eigenvalue weighted by atomic mass is 16.5. The van der Waals surface area contributed by atoms with Gasteiger partial charge in [-0.2, -0.15) is 0 Å². The van der Waals surface area contributed by atoms with Gasteiger partial charge in [-0.25, -0.2) is 4.98 Å². The van der Waals surface area contributed by atoms with Crippen LogP contribution in [0.2, 0.25) is 0 Å². The van der Waals surface area contributed by atoms with Gasteiger partial charge in [0.15, 0.2) is 5.78 Å². The Labute approximate surface area is 170 Å². The highest BCUT2D eigenvalue weighted by Crippen LogP contribution is 2.31. The van der Waals surface area contributed by atoms with Gasteiger partial charge in [0.2, 0.25) is 0 Å². The molecule has 152 valence electrons. The van der Waals surface area contributed by atoms with E-state index in [4.69, 9.17) is 4.74 Å². The van der Waals surface area contributed by atoms with E-state index in [0.29, 0.717) is 6.42 Å². The predicted octanol–water partition coefficient (Wildman–Crippen LogP) is 3.09. The molecule has 6 heteroatoms. The van der Waals surface area contributed by atoms with Crippen LogP contribution >= 0.6 is 0 Å². The Morgan fingerprint density at radius 1 is 1.34 bits per heavy atom. The lowest BCUT2D eigenvalue weighted by Gasteiger charge is -2.28. The van der Waals surface area contributed by atoms with Crippen LogP contribution in [0.25, 0.3) is 22.2 Å². The Bertz CT molecular complexity index is 1030. The lowest BCUT2D eigenvalue weighted by Crippen LogP contribution is -2.46. The molecule has 0 unspecified atom stereocenters. The number of rotatable bonds is 6. The molecule has 2 aromatic carbocycles. The second-order valence-corrected chi connectivity index (χ2v) is 7.72. The number of hydrogen-bond donors (Lipinski definition) is 2. The number of ether oxygens (including phenoxy) is 1. The number of imidazole rings is 1. The van der Waals surface area contributed by atoms with E-state index in [2.05, 4.69) is 29.4 Å². The first-order valence-corrected chi connectivity index (χ1v) is 10.1. The van der Waals surface area contributed by atoms with Gasteiger partial charge in [0.25, 0.3) is 0 Å². The van der Waals surface area contributed by atoms with Crippen molar-refractivity contribution < 1.29 is 14.6 Å². The number of aliphatic hydroxyl groups excluding tert-OH is 1. The number of aryl methyl sites for hydroxylation is 1. The van der Waals surface area contributed by atoms with E-state index in [-0.39, 0.29) is 18.4 Å². The molecule has 0 bridgehead atoms. The van der Waals surface area contributed by atoms with E-state index in [1.165, 1.54) is 0 Å². The molecular formula is C23H27N3O3. The second-order valence-electron chi connectivity index (χ2n) is 7.72. The third-order valence-electron chi connectivity index (χ3n) is 5.77. The summed E-state index contributed by atoms with van der Waals surface area (Å²) in [4.78, 5) is 17.2. The molecule has 2 atom stereocenters. The third kappa shape index (κ3) is 4.04. The maximum atomic E-state index is 12.6. The number of benzene rings is 2. The number of aromatic nitrogens is 2. The van der Waals surface area contributed by atoms with Gasteiger partial charge < -0.3 is 19.7 Å². The number of carbonyl (C=O) groups excluding carboxylic acids is 1. The molecular weight excluding hydrogens is 366 g/mol. The molecule has 6 nitrogen and oxygen atoms in total. The van der Waals surface area contributed by atoms with Crippen LogP contribution in [0.15, 0.2) is 42.7 Å². The first kappa shape index (κ1) is 19.6. The fraction of sp³-hybridized carbons (Fsp3) is 0.391. The van der Waals surface area contributed by atoms with Crippen LogP contribution in [0.4, 0.5) is 0 Å². The molecule has 2 N–H and O–H groups in total. The van der Waals surface area contributed by atoms with E-state index in [1.807, 2.05) is 28.8 Å². The van der Waals surface area contributed by atoms with Crippen molar-refractivity contribution in [1.82, 2.24) is 14.9 Å². The van der Waals surface area contributed by atoms with Gasteiger partial charge in [-0.05, 0) is 61.2 Å². The summed E-state index contributed by atoms with van der Waals surface area (Å²) in [6, 6.07) is 11.9. The van der Waals surface area contributed by atoms with E-state index in [1.54, 1.807) is 13.4 Å². The fourth-order valence-corrected chi connectivity index (χ4v) is 4.14. The summed E-state index contributed by atoms with van der Waals surface area (Å²) in [7, 11) is 1.66. The Kier molecular flexibility index (Phi) is 5.65. The molecule has 1 saturated heterocycles. The van der Waals surface area contributed by atoms with Gasteiger partial charge in [0.05, 0.1) is 37.1 Å². The zero-order valence-corrected chi connectivity index (χ0v) is 16.9. The molecule has 1 aromatic heterocycles. The van der Waals surface area contributed by atoms with Crippen molar-refractivity contribution in [2.45, 2.75) is 44.9 Å². The number of methoxy groups -OCH3 is 1. The smallest absolute Gasteiger partial charge is 0.154 e. The van der Waals surface area contributed by atoms with Gasteiger partial charge in [-0.3, -0.25) is 4.79 Å². The van der Waals surface area contributed by atoms with Crippen LogP contribution < -0.4 is 10.1 Å². The summed E-state index contributed by atoms with van der Waals surface area (Å²) in [6.45, 7) is 3.17. The average molecular weight is 393 g/mol. The van der Waals surface area contributed by atoms with Gasteiger partial charge in [0.1, 0.15) is 5.75 Å². The molecule has 1 aliphatic rings. The average Bonchev–Trinajstić information content (AvgIpc) is 3.13. The molecule has 3 aromatic rings. The summed E-state index contributed by atoms with van der Waals surface area (Å²) in [5.41, 5.74) is 5.09. The molecule has 1 aliphatic heterocycles. The van der Waals surface area contributed by atoms with Crippen molar-refractivity contribution in [2.75, 3.05) is 13.7 Å². The molecule has 0 spiro atoms. The summed E-state index contributed by atoms with van der Waals surface area (Å²) in [5.74, 6) is 0.911. The number of ketones is 1. The van der Waals surface area contributed by atoms with Crippen molar-refractivity contribution in [2.24, 2.45) is 0 Å². The third-order valence-corrected chi connectivity index (χ3v) is 5.77. The Morgan fingerprint density at radius 2 is 2.21 bits per heavy atom. The van der Waals surface area contributed by atoms with Crippen molar-refractivity contribution in [3.8, 4) is 16.9 Å². The predicted molar refractivity (Wildman–Crippen MR) is 113 cm³/mol. The largest absolute Gasteiger partial charge is 0.497 e. The first-order valence-electron chi connectivity index (χ1n) is 10.1. The maximum Gasteiger partial charge on any atom is 0.154 e. The molecule has 2 heterocycles. The van der Waals surface area contributed by atoms with Crippen molar-refractivity contribution in [1.29, 1.82) is 0 Å². The number of aliphatic hydroxyl groups is 1. The number of carbonyl (C=O) groups is 1. The lowest BCUT2D eigenvalue weighted by molar-refractivity contribution is -0.121. The van der Waals surface area contributed by atoms with Crippen LogP contribution in [0.3, 0.4) is 0 Å². The minimum absolute atomic E-state index is 0.0947. The first-order chi connectivity index (χ1) is 14.1. The standard InChI is InChI=1S/C23H27N3O3/c1-15-19(16-5-3-6-18(11-16)29-2)8-9-21-23(15)25-14-26(21)13-17(27)12-20-22(28)7-4-10-24-20/h3,5-6,8-9,11,14,20,22,24,28H,4,7,10,12-13H2,1-2H3/t20-,22+/m1/s1. The van der Waals surface area contributed by atoms with E-state index >= 15 is 0 Å². The minimum atomic E-state index is -0.445. The van der Waals surface area contributed by atoms with Crippen LogP contribution in [0.1, 0.15) is 24.8 Å². The van der Waals surface area contributed by atoms with Crippen LogP contribution in [-0.2, 0) is 11.3 Å². The second kappa shape index (κ2) is 8.35. The quantitative estimate of drug-likeness (QED) is 0.673. The maximum absolute atomic E-state index is 12.6. The number of nitrogens with one attached hydrogen (secondary N) is 1. The topological polar surface area (TPSA) is 76.4 Å². The molecule has 29 heavy (non-hydrogen) atoms. The normalized spacial score (nSPS) is 19.4. The van der Waals surface area contributed by atoms with Crippen LogP contribution in [0, 0.1) is 6.92 Å². The monoisotopic (exact) mass is 393 g/mol. The number of hydrogen-bond acceptors (Lipinski definition) is 5. The van der Waals surface area contributed by atoms with E-state index < -0.39 is 6.10 Å². The molecule has 4 rings (SSSR count). The lowest BCUT2D eigenvalue weighted by atomic mass is 9.97. The number of Topliss-reactive ketones (excluding diaryl/α,β-unsaturated/α-hetero) is 1. The molecule has 1 fully saturated rings. The number of fused-ring (bicyclic) bond motifs is 1. The molecule has 0 saturated carbocycles. The zero-order valence-electron chi connectivity index (χ0n) is 16.9. The van der Waals surface area contributed by atoms with Gasteiger partial charge >= 0.3 is 0 Å². The highest BCUT2D eigenvalue weighted by molar-refractivity contribution is 5.88. The Morgan fingerprint density at radius 3 is 3.00 bits per heavy atom. The number of piperidine rings is 1. The van der Waals surface area contributed by atoms with Gasteiger partial charge in [-0.1, -0.05) is 18.2 Å². The van der Waals surface area contributed by atoms with E-state index in [9.17, 15) is 9.90 Å². The van der Waals surface area contributed by atoms with Gasteiger partial charge in [-0.15, -0.1) is 0 Å². The molecule has 0 amide bonds. The summed E-state index contributed by atoms with van der Waals surface area (Å²) in [5, 5.41) is 13.3. The number of nitrogens with zero attached hydrogens (tertiary/aromatic N) is 2. The zero-order chi connectivity index (χ0) is 20.4. The molecule has 0 aliphatic carbocycles. The van der Waals surface area contributed by atoms with Crippen molar-refractivity contribution in [3.63, 3.8) is 0 Å². The van der Waals surface area contributed by atoms with Crippen molar-refractivity contribution >= 4 is 16.8 Å². The fourth-order valence-electron chi connectivity index (χ4n) is 4.14. The minimum Gasteiger partial charge on any atom is -0.497 e. The highest BCUT2D eigenvalue weighted by Gasteiger charge is 2.25. The van der Waals surface area contributed by atoms with Crippen LogP contribution in [-0.4, -0.2) is 46.2 Å². The SMILES string of the molecule is COc1cccc(-c2ccc3c(ncn3CC(=O)C[C@H]3NCCC[C@@H]3O)c2C)c1. The van der Waals surface area contributed by atoms with Crippen molar-refractivity contribution in [3.05, 3.63) is 48.3 Å². The summed E-state index contributed by atoms with van der Waals surface area (Å²) < 4.78 is 7.24. The Hall–Kier alpha value is -2.70. The Balaban J connectivity index is 1.56. The van der Waals surface area contributed by atoms with Crippen LogP contribution in [0.5, 0.6) is 5.75 Å². The molecule has 0 radical (unpaired) electrons. The van der Waals surface area contributed by atoms with E-state index in [0.717, 1.165) is 52.9 Å². The van der Waals surface area contributed by atoms with Gasteiger partial charge in [0, 0.05) is 12.5 Å². The summed E-state index contributed by atoms with van der Waals surface area (Å²) >= 11 is 0.